The third-order valence-electron chi connectivity index (χ3n) is 11.9. The van der Waals surface area contributed by atoms with Gasteiger partial charge in [0.2, 0.25) is 0 Å². The Morgan fingerprint density at radius 3 is 1.42 bits per heavy atom. The van der Waals surface area contributed by atoms with E-state index in [1.54, 1.807) is 0 Å². The Kier molecular flexibility index (Phi) is 8.30. The summed E-state index contributed by atoms with van der Waals surface area (Å²) >= 11 is 0. The predicted octanol–water partition coefficient (Wildman–Crippen LogP) is 15.5. The zero-order valence-corrected chi connectivity index (χ0v) is 32.9. The van der Waals surface area contributed by atoms with Gasteiger partial charge in [0.05, 0.1) is 0 Å². The number of nitrogens with zero attached hydrogens (tertiary/aromatic N) is 2. The van der Waals surface area contributed by atoms with E-state index in [1.165, 1.54) is 66.1 Å². The van der Waals surface area contributed by atoms with E-state index in [2.05, 4.69) is 232 Å². The summed E-state index contributed by atoms with van der Waals surface area (Å²) in [5.74, 6) is 0. The first-order chi connectivity index (χ1) is 27.9. The summed E-state index contributed by atoms with van der Waals surface area (Å²) in [6.45, 7) is 9.11. The van der Waals surface area contributed by atoms with E-state index in [9.17, 15) is 0 Å². The highest BCUT2D eigenvalue weighted by molar-refractivity contribution is 6.24. The first-order valence-corrected chi connectivity index (χ1v) is 19.9. The number of benzene rings is 9. The molecule has 0 amide bonds. The van der Waals surface area contributed by atoms with Gasteiger partial charge < -0.3 is 9.80 Å². The van der Waals surface area contributed by atoms with Gasteiger partial charge in [-0.25, -0.2) is 0 Å². The van der Waals surface area contributed by atoms with Gasteiger partial charge in [-0.1, -0.05) is 146 Å². The van der Waals surface area contributed by atoms with E-state index in [0.717, 1.165) is 34.1 Å². The van der Waals surface area contributed by atoms with Crippen molar-refractivity contribution in [1.82, 2.24) is 0 Å². The van der Waals surface area contributed by atoms with Crippen molar-refractivity contribution in [2.45, 2.75) is 33.1 Å². The Morgan fingerprint density at radius 2 is 0.842 bits per heavy atom. The highest BCUT2D eigenvalue weighted by atomic mass is 15.1. The number of rotatable bonds is 7. The van der Waals surface area contributed by atoms with Crippen molar-refractivity contribution in [2.24, 2.45) is 0 Å². The second-order valence-electron chi connectivity index (χ2n) is 15.9. The third-order valence-corrected chi connectivity index (χ3v) is 11.9. The quantitative estimate of drug-likeness (QED) is 0.151. The van der Waals surface area contributed by atoms with Crippen molar-refractivity contribution in [1.29, 1.82) is 0 Å². The lowest BCUT2D eigenvalue weighted by Gasteiger charge is -2.38. The maximum atomic E-state index is 2.45. The van der Waals surface area contributed by atoms with E-state index in [0.29, 0.717) is 0 Å². The van der Waals surface area contributed by atoms with Crippen molar-refractivity contribution in [3.05, 3.63) is 216 Å². The van der Waals surface area contributed by atoms with Crippen LogP contribution in [0.4, 0.5) is 34.1 Å². The van der Waals surface area contributed by atoms with Crippen LogP contribution in [0.25, 0.3) is 43.8 Å². The van der Waals surface area contributed by atoms with Gasteiger partial charge in [-0.15, -0.1) is 0 Å². The second-order valence-corrected chi connectivity index (χ2v) is 15.9. The van der Waals surface area contributed by atoms with Gasteiger partial charge in [0, 0.05) is 39.5 Å². The van der Waals surface area contributed by atoms with Crippen molar-refractivity contribution in [3.8, 4) is 22.3 Å². The SMILES string of the molecule is Cc1ccc(N(c2ccccc2)c2ccc3c(c2)C(C)(C)c2cccc4c2c-3c(-c2ccccc2)c2ccc(N(c3ccccc3)c3ccc(C)cc3)cc24)cc1. The highest BCUT2D eigenvalue weighted by Gasteiger charge is 2.36. The average Bonchev–Trinajstić information content (AvgIpc) is 3.25. The highest BCUT2D eigenvalue weighted by Crippen LogP contribution is 2.56. The van der Waals surface area contributed by atoms with Gasteiger partial charge in [0.1, 0.15) is 0 Å². The van der Waals surface area contributed by atoms with Crippen LogP contribution in [0.15, 0.2) is 194 Å². The van der Waals surface area contributed by atoms with Crippen molar-refractivity contribution >= 4 is 55.7 Å². The van der Waals surface area contributed by atoms with Crippen LogP contribution < -0.4 is 9.80 Å². The summed E-state index contributed by atoms with van der Waals surface area (Å²) in [7, 11) is 0. The van der Waals surface area contributed by atoms with E-state index >= 15 is 0 Å². The minimum absolute atomic E-state index is 0.273. The molecule has 0 bridgehead atoms. The molecule has 0 aromatic heterocycles. The smallest absolute Gasteiger partial charge is 0.0468 e. The second kappa shape index (κ2) is 13.7. The lowest BCUT2D eigenvalue weighted by Crippen LogP contribution is -2.24. The molecule has 2 heteroatoms. The molecule has 0 fully saturated rings. The number of aryl methyl sites for hydroxylation is 2. The third kappa shape index (κ3) is 5.79. The molecule has 0 N–H and O–H groups in total. The van der Waals surface area contributed by atoms with Gasteiger partial charge in [-0.3, -0.25) is 0 Å². The Hall–Kier alpha value is -6.90. The minimum atomic E-state index is -0.273. The predicted molar refractivity (Wildman–Crippen MR) is 243 cm³/mol. The van der Waals surface area contributed by atoms with Gasteiger partial charge in [-0.2, -0.15) is 0 Å². The summed E-state index contributed by atoms with van der Waals surface area (Å²) in [5.41, 5.74) is 16.8. The van der Waals surface area contributed by atoms with E-state index in [4.69, 9.17) is 0 Å². The molecule has 0 spiro atoms. The Bertz CT molecular complexity index is 2910. The fourth-order valence-corrected chi connectivity index (χ4v) is 9.10. The largest absolute Gasteiger partial charge is 0.310 e. The number of anilines is 6. The maximum Gasteiger partial charge on any atom is 0.0468 e. The molecule has 1 aliphatic rings. The molecule has 2 nitrogen and oxygen atoms in total. The summed E-state index contributed by atoms with van der Waals surface area (Å²) < 4.78 is 0. The summed E-state index contributed by atoms with van der Waals surface area (Å²) in [6, 6.07) is 71.4. The van der Waals surface area contributed by atoms with Gasteiger partial charge in [-0.05, 0) is 142 Å². The van der Waals surface area contributed by atoms with Gasteiger partial charge in [0.15, 0.2) is 0 Å². The molecular formula is C55H44N2. The van der Waals surface area contributed by atoms with Crippen LogP contribution in [0.3, 0.4) is 0 Å². The van der Waals surface area contributed by atoms with E-state index in [1.807, 2.05) is 0 Å². The molecule has 0 saturated heterocycles. The Balaban J connectivity index is 1.25. The molecule has 0 saturated carbocycles. The van der Waals surface area contributed by atoms with E-state index in [-0.39, 0.29) is 5.41 Å². The molecule has 10 rings (SSSR count). The molecule has 9 aromatic rings. The summed E-state index contributed by atoms with van der Waals surface area (Å²) in [4.78, 5) is 4.77. The van der Waals surface area contributed by atoms with Crippen LogP contribution >= 0.6 is 0 Å². The number of hydrogen-bond donors (Lipinski definition) is 0. The van der Waals surface area contributed by atoms with Gasteiger partial charge in [0.25, 0.3) is 0 Å². The number of para-hydroxylation sites is 2. The summed E-state index contributed by atoms with van der Waals surface area (Å²) in [6.07, 6.45) is 0. The molecule has 0 atom stereocenters. The fourth-order valence-electron chi connectivity index (χ4n) is 9.10. The van der Waals surface area contributed by atoms with E-state index < -0.39 is 0 Å². The van der Waals surface area contributed by atoms with Crippen LogP contribution in [-0.2, 0) is 5.41 Å². The van der Waals surface area contributed by atoms with Crippen LogP contribution in [0.2, 0.25) is 0 Å². The van der Waals surface area contributed by atoms with Crippen molar-refractivity contribution in [2.75, 3.05) is 9.80 Å². The fraction of sp³-hybridized carbons (Fsp3) is 0.0909. The Morgan fingerprint density at radius 1 is 0.351 bits per heavy atom. The topological polar surface area (TPSA) is 6.48 Å². The molecule has 274 valence electrons. The molecule has 57 heavy (non-hydrogen) atoms. The van der Waals surface area contributed by atoms with Crippen molar-refractivity contribution < 1.29 is 0 Å². The molecule has 9 aromatic carbocycles. The van der Waals surface area contributed by atoms with Crippen molar-refractivity contribution in [3.63, 3.8) is 0 Å². The first-order valence-electron chi connectivity index (χ1n) is 19.9. The molecule has 0 heterocycles. The lowest BCUT2D eigenvalue weighted by atomic mass is 9.66. The zero-order valence-electron chi connectivity index (χ0n) is 32.9. The number of fused-ring (bicyclic) bond motifs is 4. The van der Waals surface area contributed by atoms with Crippen LogP contribution in [0.5, 0.6) is 0 Å². The lowest BCUT2D eigenvalue weighted by molar-refractivity contribution is 0.645. The molecule has 1 aliphatic carbocycles. The molecule has 0 aliphatic heterocycles. The Labute approximate surface area is 335 Å². The molecular weight excluding hydrogens is 689 g/mol. The maximum absolute atomic E-state index is 2.45. The standard InChI is InChI=1S/C55H44N2/c1-37-23-27-42(28-24-37)56(40-17-10-6-11-18-40)44-31-33-47-49(35-44)46-21-14-22-50-53(46)54(52(47)39-15-8-5-9-16-39)48-34-32-45(36-51(48)55(50,3)4)57(41-19-12-7-13-20-41)43-29-25-38(2)26-30-43/h5-36H,1-4H3. The van der Waals surface area contributed by atoms with Crippen LogP contribution in [-0.4, -0.2) is 0 Å². The number of hydrogen-bond acceptors (Lipinski definition) is 2. The summed E-state index contributed by atoms with van der Waals surface area (Å²) in [5, 5.41) is 5.13. The van der Waals surface area contributed by atoms with Crippen LogP contribution in [0, 0.1) is 13.8 Å². The van der Waals surface area contributed by atoms with Gasteiger partial charge >= 0.3 is 0 Å². The monoisotopic (exact) mass is 732 g/mol. The average molecular weight is 733 g/mol. The minimum Gasteiger partial charge on any atom is -0.310 e. The van der Waals surface area contributed by atoms with Crippen LogP contribution in [0.1, 0.15) is 36.1 Å². The molecule has 0 unspecified atom stereocenters. The normalized spacial score (nSPS) is 12.7. The zero-order chi connectivity index (χ0) is 38.7. The first kappa shape index (κ1) is 34.6. The molecule has 0 radical (unpaired) electrons.